The first-order valence-electron chi connectivity index (χ1n) is 5.79. The SMILES string of the molecule is CC(C)(O)CCO.CC1CCCCC1. The van der Waals surface area contributed by atoms with Crippen molar-refractivity contribution in [2.24, 2.45) is 5.92 Å². The lowest BCUT2D eigenvalue weighted by molar-refractivity contribution is 0.0515. The molecular weight excluding hydrogens is 176 g/mol. The zero-order chi connectivity index (χ0) is 11.0. The van der Waals surface area contributed by atoms with Gasteiger partial charge in [0.1, 0.15) is 0 Å². The number of hydrogen-bond donors (Lipinski definition) is 2. The Kier molecular flexibility index (Phi) is 7.20. The Hall–Kier alpha value is -0.0800. The van der Waals surface area contributed by atoms with E-state index >= 15 is 0 Å². The summed E-state index contributed by atoms with van der Waals surface area (Å²) in [7, 11) is 0. The lowest BCUT2D eigenvalue weighted by Gasteiger charge is -2.15. The van der Waals surface area contributed by atoms with Crippen molar-refractivity contribution in [3.05, 3.63) is 0 Å². The molecule has 14 heavy (non-hydrogen) atoms. The molecule has 1 aliphatic carbocycles. The van der Waals surface area contributed by atoms with E-state index in [1.807, 2.05) is 0 Å². The van der Waals surface area contributed by atoms with Crippen LogP contribution in [0.3, 0.4) is 0 Å². The van der Waals surface area contributed by atoms with Gasteiger partial charge >= 0.3 is 0 Å². The van der Waals surface area contributed by atoms with Gasteiger partial charge in [-0.2, -0.15) is 0 Å². The van der Waals surface area contributed by atoms with Gasteiger partial charge in [0.05, 0.1) is 5.60 Å². The minimum Gasteiger partial charge on any atom is -0.396 e. The standard InChI is InChI=1S/C7H14.C5H12O2/c1-7-5-3-2-4-6-7;1-5(2,7)3-4-6/h7H,2-6H2,1H3;6-7H,3-4H2,1-2H3. The van der Waals surface area contributed by atoms with E-state index in [4.69, 9.17) is 10.2 Å². The largest absolute Gasteiger partial charge is 0.396 e. The third kappa shape index (κ3) is 10.0. The molecule has 1 aliphatic rings. The summed E-state index contributed by atoms with van der Waals surface area (Å²) in [6.07, 6.45) is 7.89. The van der Waals surface area contributed by atoms with Gasteiger partial charge in [0.2, 0.25) is 0 Å². The minimum absolute atomic E-state index is 0.0590. The summed E-state index contributed by atoms with van der Waals surface area (Å²) in [6, 6.07) is 0. The van der Waals surface area contributed by atoms with Crippen molar-refractivity contribution in [2.45, 2.75) is 64.9 Å². The Bertz CT molecular complexity index is 121. The quantitative estimate of drug-likeness (QED) is 0.723. The van der Waals surface area contributed by atoms with E-state index in [0.29, 0.717) is 6.42 Å². The smallest absolute Gasteiger partial charge is 0.0613 e. The van der Waals surface area contributed by atoms with Gasteiger partial charge in [-0.1, -0.05) is 39.0 Å². The van der Waals surface area contributed by atoms with Crippen LogP contribution >= 0.6 is 0 Å². The second-order valence-electron chi connectivity index (χ2n) is 5.03. The highest BCUT2D eigenvalue weighted by molar-refractivity contribution is 4.62. The Balaban J connectivity index is 0.000000241. The first-order valence-corrected chi connectivity index (χ1v) is 5.79. The highest BCUT2D eigenvalue weighted by atomic mass is 16.3. The molecule has 2 nitrogen and oxygen atoms in total. The van der Waals surface area contributed by atoms with Gasteiger partial charge in [0, 0.05) is 6.61 Å². The van der Waals surface area contributed by atoms with E-state index in [0.717, 1.165) is 5.92 Å². The summed E-state index contributed by atoms with van der Waals surface area (Å²) in [4.78, 5) is 0. The summed E-state index contributed by atoms with van der Waals surface area (Å²) in [5.41, 5.74) is -0.700. The maximum Gasteiger partial charge on any atom is 0.0613 e. The molecular formula is C12H26O2. The van der Waals surface area contributed by atoms with Crippen LogP contribution in [0.25, 0.3) is 0 Å². The fraction of sp³-hybridized carbons (Fsp3) is 1.00. The monoisotopic (exact) mass is 202 g/mol. The molecule has 0 aromatic heterocycles. The van der Waals surface area contributed by atoms with Gasteiger partial charge in [-0.15, -0.1) is 0 Å². The normalized spacial score (nSPS) is 18.6. The molecule has 0 atom stereocenters. The van der Waals surface area contributed by atoms with Crippen molar-refractivity contribution in [3.8, 4) is 0 Å². The molecule has 2 heteroatoms. The Labute approximate surface area is 88.3 Å². The fourth-order valence-corrected chi connectivity index (χ4v) is 1.58. The molecule has 2 N–H and O–H groups in total. The molecule has 1 fully saturated rings. The summed E-state index contributed by atoms with van der Waals surface area (Å²) < 4.78 is 0. The number of rotatable bonds is 2. The molecule has 1 saturated carbocycles. The van der Waals surface area contributed by atoms with Gasteiger partial charge in [-0.25, -0.2) is 0 Å². The van der Waals surface area contributed by atoms with Gasteiger partial charge in [0.25, 0.3) is 0 Å². The van der Waals surface area contributed by atoms with Crippen LogP contribution in [0, 0.1) is 5.92 Å². The molecule has 1 rings (SSSR count). The average Bonchev–Trinajstić information content (AvgIpc) is 2.04. The molecule has 0 amide bonds. The van der Waals surface area contributed by atoms with Crippen molar-refractivity contribution in [1.82, 2.24) is 0 Å². The zero-order valence-corrected chi connectivity index (χ0v) is 9.92. The molecule has 0 aromatic rings. The number of aliphatic hydroxyl groups excluding tert-OH is 1. The molecule has 0 heterocycles. The van der Waals surface area contributed by atoms with Crippen LogP contribution in [-0.2, 0) is 0 Å². The lowest BCUT2D eigenvalue weighted by atomic mass is 9.91. The first kappa shape index (κ1) is 13.9. The molecule has 86 valence electrons. The third-order valence-electron chi connectivity index (χ3n) is 2.62. The molecule has 0 saturated heterocycles. The van der Waals surface area contributed by atoms with E-state index in [1.165, 1.54) is 32.1 Å². The number of hydrogen-bond acceptors (Lipinski definition) is 2. The van der Waals surface area contributed by atoms with Crippen LogP contribution < -0.4 is 0 Å². The highest BCUT2D eigenvalue weighted by Crippen LogP contribution is 2.22. The second-order valence-corrected chi connectivity index (χ2v) is 5.03. The molecule has 0 aromatic carbocycles. The maximum absolute atomic E-state index is 8.86. The molecule has 0 bridgehead atoms. The number of aliphatic hydroxyl groups is 2. The Morgan fingerprint density at radius 2 is 1.64 bits per heavy atom. The van der Waals surface area contributed by atoms with Crippen LogP contribution in [0.1, 0.15) is 59.3 Å². The van der Waals surface area contributed by atoms with E-state index in [9.17, 15) is 0 Å². The molecule has 0 radical (unpaired) electrons. The van der Waals surface area contributed by atoms with Crippen LogP contribution in [0.4, 0.5) is 0 Å². The maximum atomic E-state index is 8.86. The Morgan fingerprint density at radius 3 is 1.79 bits per heavy atom. The summed E-state index contributed by atoms with van der Waals surface area (Å²) in [6.45, 7) is 5.76. The summed E-state index contributed by atoms with van der Waals surface area (Å²) >= 11 is 0. The van der Waals surface area contributed by atoms with Crippen molar-refractivity contribution in [2.75, 3.05) is 6.61 Å². The molecule has 0 spiro atoms. The predicted molar refractivity (Wildman–Crippen MR) is 60.2 cm³/mol. The summed E-state index contributed by atoms with van der Waals surface area (Å²) in [5.74, 6) is 1.04. The minimum atomic E-state index is -0.700. The third-order valence-corrected chi connectivity index (χ3v) is 2.62. The van der Waals surface area contributed by atoms with Crippen molar-refractivity contribution in [3.63, 3.8) is 0 Å². The van der Waals surface area contributed by atoms with E-state index in [1.54, 1.807) is 13.8 Å². The molecule has 0 aliphatic heterocycles. The van der Waals surface area contributed by atoms with Crippen molar-refractivity contribution in [1.29, 1.82) is 0 Å². The van der Waals surface area contributed by atoms with Crippen LogP contribution in [-0.4, -0.2) is 22.4 Å². The topological polar surface area (TPSA) is 40.5 Å². The Morgan fingerprint density at radius 1 is 1.14 bits per heavy atom. The van der Waals surface area contributed by atoms with Gasteiger partial charge < -0.3 is 10.2 Å². The molecule has 0 unspecified atom stereocenters. The van der Waals surface area contributed by atoms with Gasteiger partial charge in [-0.3, -0.25) is 0 Å². The summed E-state index contributed by atoms with van der Waals surface area (Å²) in [5, 5.41) is 17.1. The predicted octanol–water partition coefficient (Wildman–Crippen LogP) is 2.73. The van der Waals surface area contributed by atoms with Gasteiger partial charge in [0.15, 0.2) is 0 Å². The van der Waals surface area contributed by atoms with Crippen molar-refractivity contribution < 1.29 is 10.2 Å². The van der Waals surface area contributed by atoms with Crippen LogP contribution in [0.2, 0.25) is 0 Å². The zero-order valence-electron chi connectivity index (χ0n) is 9.92. The van der Waals surface area contributed by atoms with E-state index in [2.05, 4.69) is 6.92 Å². The second kappa shape index (κ2) is 7.24. The van der Waals surface area contributed by atoms with E-state index < -0.39 is 5.60 Å². The van der Waals surface area contributed by atoms with Gasteiger partial charge in [-0.05, 0) is 26.2 Å². The van der Waals surface area contributed by atoms with Crippen LogP contribution in [0.5, 0.6) is 0 Å². The fourth-order valence-electron chi connectivity index (χ4n) is 1.58. The van der Waals surface area contributed by atoms with Crippen LogP contribution in [0.15, 0.2) is 0 Å². The lowest BCUT2D eigenvalue weighted by Crippen LogP contribution is -2.19. The average molecular weight is 202 g/mol. The highest BCUT2D eigenvalue weighted by Gasteiger charge is 2.09. The van der Waals surface area contributed by atoms with E-state index in [-0.39, 0.29) is 6.61 Å². The first-order chi connectivity index (χ1) is 6.45. The van der Waals surface area contributed by atoms with Crippen molar-refractivity contribution >= 4 is 0 Å².